The third kappa shape index (κ3) is 4.77. The van der Waals surface area contributed by atoms with Crippen LogP contribution in [0.25, 0.3) is 16.6 Å². The van der Waals surface area contributed by atoms with Crippen LogP contribution in [0.15, 0.2) is 55.0 Å². The summed E-state index contributed by atoms with van der Waals surface area (Å²) < 4.78 is 16.7. The number of carbonyl (C=O) groups excluding carboxylic acids is 2. The number of halogens is 1. The Bertz CT molecular complexity index is 1610. The van der Waals surface area contributed by atoms with Crippen LogP contribution in [-0.2, 0) is 4.79 Å². The zero-order valence-electron chi connectivity index (χ0n) is 26.3. The number of nitrogens with one attached hydrogen (secondary N) is 1. The van der Waals surface area contributed by atoms with Gasteiger partial charge in [-0.3, -0.25) is 14.6 Å². The zero-order chi connectivity index (χ0) is 30.9. The number of carbonyl (C=O) groups is 2. The molecule has 3 aromatic rings. The van der Waals surface area contributed by atoms with E-state index >= 15 is 0 Å². The SMILES string of the molecule is C=C1C[C@@H]2CC[C@H]1[C@@H](C(=O)N1C3CCC1CC(c1cn(-c4ccc(F)cc4C(=O)N(C(C)C)C(C)C)c4cnccc14)C3)N2. The van der Waals surface area contributed by atoms with Crippen molar-refractivity contribution in [1.29, 1.82) is 0 Å². The molecule has 8 heteroatoms. The summed E-state index contributed by atoms with van der Waals surface area (Å²) in [6.07, 6.45) is 12.9. The standard InChI is InChI=1S/C36H44FN5O2/c1-20(2)41(21(3)4)35(43)30-17-24(37)6-11-32(30)40-19-31(29-12-13-38-18-33(29)40)23-15-26-8-9-27(16-23)42(26)36(44)34-28-10-7-25(39-34)14-22(28)5/h6,11-13,17-21,23,25-28,34,39H,5,7-10,14-16H2,1-4H3/t23?,25-,26?,27?,28+,34-/m0/s1. The Morgan fingerprint density at radius 1 is 1.05 bits per heavy atom. The summed E-state index contributed by atoms with van der Waals surface area (Å²) in [6.45, 7) is 12.3. The molecule has 4 bridgehead atoms. The molecule has 44 heavy (non-hydrogen) atoms. The van der Waals surface area contributed by atoms with E-state index in [-0.39, 0.29) is 53.9 Å². The molecular formula is C36H44FN5O2. The third-order valence-corrected chi connectivity index (χ3v) is 10.8. The van der Waals surface area contributed by atoms with Crippen LogP contribution in [0.1, 0.15) is 94.5 Å². The zero-order valence-corrected chi connectivity index (χ0v) is 26.3. The van der Waals surface area contributed by atoms with Crippen molar-refractivity contribution in [2.24, 2.45) is 5.92 Å². The van der Waals surface area contributed by atoms with Crippen molar-refractivity contribution in [3.63, 3.8) is 0 Å². The Balaban J connectivity index is 1.22. The number of nitrogens with zero attached hydrogens (tertiary/aromatic N) is 4. The number of amides is 2. The highest BCUT2D eigenvalue weighted by Crippen LogP contribution is 2.47. The lowest BCUT2D eigenvalue weighted by Gasteiger charge is -2.48. The van der Waals surface area contributed by atoms with Gasteiger partial charge in [0.2, 0.25) is 5.91 Å². The second-order valence-corrected chi connectivity index (χ2v) is 14.1. The van der Waals surface area contributed by atoms with E-state index in [4.69, 9.17) is 0 Å². The summed E-state index contributed by atoms with van der Waals surface area (Å²) >= 11 is 0. The highest BCUT2D eigenvalue weighted by Gasteiger charge is 2.49. The smallest absolute Gasteiger partial charge is 0.256 e. The summed E-state index contributed by atoms with van der Waals surface area (Å²) in [7, 11) is 0. The van der Waals surface area contributed by atoms with Gasteiger partial charge in [-0.05, 0) is 108 Å². The maximum Gasteiger partial charge on any atom is 0.256 e. The maximum atomic E-state index is 14.7. The molecule has 0 spiro atoms. The van der Waals surface area contributed by atoms with E-state index in [2.05, 4.69) is 34.0 Å². The monoisotopic (exact) mass is 597 g/mol. The van der Waals surface area contributed by atoms with Gasteiger partial charge in [0, 0.05) is 53.9 Å². The summed E-state index contributed by atoms with van der Waals surface area (Å²) in [5.74, 6) is 0.181. The summed E-state index contributed by atoms with van der Waals surface area (Å²) in [5, 5.41) is 4.75. The molecule has 4 aliphatic heterocycles. The Morgan fingerprint density at radius 3 is 2.43 bits per heavy atom. The van der Waals surface area contributed by atoms with E-state index in [1.807, 2.05) is 44.7 Å². The van der Waals surface area contributed by atoms with E-state index in [0.29, 0.717) is 17.3 Å². The van der Waals surface area contributed by atoms with Crippen molar-refractivity contribution in [2.75, 3.05) is 0 Å². The molecule has 1 saturated carbocycles. The lowest BCUT2D eigenvalue weighted by Crippen LogP contribution is -2.62. The minimum atomic E-state index is -0.433. The van der Waals surface area contributed by atoms with Crippen LogP contribution in [-0.4, -0.2) is 67.4 Å². The van der Waals surface area contributed by atoms with Gasteiger partial charge in [-0.15, -0.1) is 0 Å². The van der Waals surface area contributed by atoms with Gasteiger partial charge >= 0.3 is 0 Å². The molecule has 232 valence electrons. The number of benzene rings is 1. The second-order valence-electron chi connectivity index (χ2n) is 14.1. The fourth-order valence-electron chi connectivity index (χ4n) is 8.98. The number of fused-ring (bicyclic) bond motifs is 6. The quantitative estimate of drug-likeness (QED) is 0.336. The highest BCUT2D eigenvalue weighted by atomic mass is 19.1. The fraction of sp³-hybridized carbons (Fsp3) is 0.528. The van der Waals surface area contributed by atoms with Crippen molar-refractivity contribution in [1.82, 2.24) is 24.7 Å². The first-order valence-corrected chi connectivity index (χ1v) is 16.5. The van der Waals surface area contributed by atoms with E-state index in [1.165, 1.54) is 23.3 Å². The first kappa shape index (κ1) is 29.2. The van der Waals surface area contributed by atoms with Crippen LogP contribution in [0.5, 0.6) is 0 Å². The van der Waals surface area contributed by atoms with Crippen LogP contribution in [0.3, 0.4) is 0 Å². The molecule has 1 aromatic carbocycles. The number of piperidine rings is 3. The Labute approximate surface area is 259 Å². The maximum absolute atomic E-state index is 14.7. The van der Waals surface area contributed by atoms with Crippen molar-refractivity contribution in [2.45, 2.75) is 115 Å². The molecule has 1 N–H and O–H groups in total. The van der Waals surface area contributed by atoms with Gasteiger partial charge in [0.25, 0.3) is 5.91 Å². The van der Waals surface area contributed by atoms with E-state index in [1.54, 1.807) is 11.0 Å². The number of rotatable bonds is 6. The predicted octanol–water partition coefficient (Wildman–Crippen LogP) is 6.36. The van der Waals surface area contributed by atoms with Crippen LogP contribution >= 0.6 is 0 Å². The molecule has 2 aromatic heterocycles. The Kier molecular flexibility index (Phi) is 7.39. The molecule has 0 radical (unpaired) electrons. The van der Waals surface area contributed by atoms with E-state index < -0.39 is 5.82 Å². The van der Waals surface area contributed by atoms with Gasteiger partial charge in [0.05, 0.1) is 29.0 Å². The van der Waals surface area contributed by atoms with Gasteiger partial charge in [-0.25, -0.2) is 4.39 Å². The average Bonchev–Trinajstić information content (AvgIpc) is 3.50. The average molecular weight is 598 g/mol. The number of hydrogen-bond donors (Lipinski definition) is 1. The Morgan fingerprint density at radius 2 is 1.77 bits per heavy atom. The number of pyridine rings is 1. The predicted molar refractivity (Wildman–Crippen MR) is 170 cm³/mol. The van der Waals surface area contributed by atoms with Crippen molar-refractivity contribution in [3.8, 4) is 5.69 Å². The van der Waals surface area contributed by atoms with Gasteiger partial charge < -0.3 is 19.7 Å². The lowest BCUT2D eigenvalue weighted by atomic mass is 9.72. The summed E-state index contributed by atoms with van der Waals surface area (Å²) in [5.41, 5.74) is 4.35. The molecule has 7 nitrogen and oxygen atoms in total. The van der Waals surface area contributed by atoms with Crippen LogP contribution in [0.2, 0.25) is 0 Å². The normalized spacial score (nSPS) is 28.0. The molecule has 2 unspecified atom stereocenters. The van der Waals surface area contributed by atoms with Crippen LogP contribution in [0.4, 0.5) is 4.39 Å². The molecule has 1 aliphatic carbocycles. The van der Waals surface area contributed by atoms with E-state index in [0.717, 1.165) is 55.8 Å². The largest absolute Gasteiger partial charge is 0.335 e. The van der Waals surface area contributed by atoms with Crippen molar-refractivity contribution < 1.29 is 14.0 Å². The molecule has 5 fully saturated rings. The number of hydrogen-bond acceptors (Lipinski definition) is 4. The first-order chi connectivity index (χ1) is 21.1. The van der Waals surface area contributed by atoms with Crippen LogP contribution in [0, 0.1) is 11.7 Å². The summed E-state index contributed by atoms with van der Waals surface area (Å²) in [6, 6.07) is 7.18. The highest BCUT2D eigenvalue weighted by molar-refractivity contribution is 5.99. The van der Waals surface area contributed by atoms with Crippen molar-refractivity contribution >= 4 is 22.7 Å². The van der Waals surface area contributed by atoms with Gasteiger partial charge in [-0.2, -0.15) is 0 Å². The Hall–Kier alpha value is -3.52. The molecule has 6 heterocycles. The molecule has 4 saturated heterocycles. The number of aromatic nitrogens is 2. The molecule has 5 aliphatic rings. The minimum Gasteiger partial charge on any atom is -0.335 e. The van der Waals surface area contributed by atoms with Gasteiger partial charge in [0.15, 0.2) is 0 Å². The van der Waals surface area contributed by atoms with Gasteiger partial charge in [0.1, 0.15) is 5.82 Å². The summed E-state index contributed by atoms with van der Waals surface area (Å²) in [4.78, 5) is 36.4. The third-order valence-electron chi connectivity index (χ3n) is 10.8. The molecule has 5 atom stereocenters. The van der Waals surface area contributed by atoms with Crippen LogP contribution < -0.4 is 5.32 Å². The molecule has 8 rings (SSSR count). The van der Waals surface area contributed by atoms with E-state index in [9.17, 15) is 14.0 Å². The van der Waals surface area contributed by atoms with Gasteiger partial charge in [-0.1, -0.05) is 12.2 Å². The second kappa shape index (κ2) is 11.1. The van der Waals surface area contributed by atoms with Crippen molar-refractivity contribution in [3.05, 3.63) is 72.0 Å². The minimum absolute atomic E-state index is 0.0299. The molecular weight excluding hydrogens is 553 g/mol. The lowest BCUT2D eigenvalue weighted by molar-refractivity contribution is -0.140. The fourth-order valence-corrected chi connectivity index (χ4v) is 8.98. The first-order valence-electron chi connectivity index (χ1n) is 16.5. The molecule has 2 amide bonds. The topological polar surface area (TPSA) is 70.5 Å².